The maximum Gasteiger partial charge on any atom is 0.271 e. The monoisotopic (exact) mass is 447 g/mol. The fourth-order valence-electron chi connectivity index (χ4n) is 4.56. The molecule has 2 aliphatic carbocycles. The Bertz CT molecular complexity index is 1570. The van der Waals surface area contributed by atoms with E-state index < -0.39 is 0 Å². The van der Waals surface area contributed by atoms with Gasteiger partial charge in [0.2, 0.25) is 0 Å². The smallest absolute Gasteiger partial charge is 0.271 e. The number of amides is 1. The van der Waals surface area contributed by atoms with Gasteiger partial charge in [0, 0.05) is 28.8 Å². The maximum absolute atomic E-state index is 12.3. The SMILES string of the molecule is O=C(NC1CC1)c1ccc(-c2cnc3nnc(C4(c5ccc6ncccc6c5)CC4)n3n2)cc1. The van der Waals surface area contributed by atoms with Crippen LogP contribution in [0, 0.1) is 0 Å². The molecular weight excluding hydrogens is 426 g/mol. The summed E-state index contributed by atoms with van der Waals surface area (Å²) in [5, 5.41) is 17.8. The molecule has 8 nitrogen and oxygen atoms in total. The number of rotatable bonds is 5. The van der Waals surface area contributed by atoms with Crippen molar-refractivity contribution in [2.24, 2.45) is 0 Å². The van der Waals surface area contributed by atoms with Crippen molar-refractivity contribution in [3.63, 3.8) is 0 Å². The first-order chi connectivity index (χ1) is 16.7. The average Bonchev–Trinajstić information content (AvgIpc) is 3.82. The molecule has 3 aromatic heterocycles. The fourth-order valence-corrected chi connectivity index (χ4v) is 4.56. The van der Waals surface area contributed by atoms with Crippen molar-refractivity contribution in [1.29, 1.82) is 0 Å². The maximum atomic E-state index is 12.3. The number of pyridine rings is 1. The van der Waals surface area contributed by atoms with Crippen molar-refractivity contribution in [3.05, 3.63) is 83.9 Å². The lowest BCUT2D eigenvalue weighted by atomic mass is 9.94. The van der Waals surface area contributed by atoms with Crippen molar-refractivity contribution in [2.75, 3.05) is 0 Å². The highest BCUT2D eigenvalue weighted by Crippen LogP contribution is 2.53. The van der Waals surface area contributed by atoms with E-state index in [2.05, 4.69) is 49.7 Å². The molecule has 1 amide bonds. The highest BCUT2D eigenvalue weighted by atomic mass is 16.1. The van der Waals surface area contributed by atoms with Crippen molar-refractivity contribution in [3.8, 4) is 11.3 Å². The highest BCUT2D eigenvalue weighted by molar-refractivity contribution is 5.95. The summed E-state index contributed by atoms with van der Waals surface area (Å²) in [7, 11) is 0. The molecule has 166 valence electrons. The minimum atomic E-state index is -0.221. The van der Waals surface area contributed by atoms with Gasteiger partial charge in [-0.15, -0.1) is 10.2 Å². The molecule has 1 N–H and O–H groups in total. The summed E-state index contributed by atoms with van der Waals surface area (Å²) in [5.41, 5.74) is 4.20. The molecule has 2 fully saturated rings. The molecule has 34 heavy (non-hydrogen) atoms. The lowest BCUT2D eigenvalue weighted by molar-refractivity contribution is 0.0951. The molecular formula is C26H21N7O. The summed E-state index contributed by atoms with van der Waals surface area (Å²) < 4.78 is 1.77. The second-order valence-corrected chi connectivity index (χ2v) is 9.20. The van der Waals surface area contributed by atoms with Gasteiger partial charge in [0.25, 0.3) is 11.7 Å². The average molecular weight is 448 g/mol. The molecule has 0 aliphatic heterocycles. The van der Waals surface area contributed by atoms with Crippen LogP contribution in [-0.2, 0) is 5.41 Å². The van der Waals surface area contributed by atoms with E-state index >= 15 is 0 Å². The van der Waals surface area contributed by atoms with E-state index in [1.165, 1.54) is 5.56 Å². The van der Waals surface area contributed by atoms with Crippen LogP contribution in [0.4, 0.5) is 0 Å². The van der Waals surface area contributed by atoms with E-state index in [1.54, 1.807) is 10.7 Å². The van der Waals surface area contributed by atoms with Crippen LogP contribution < -0.4 is 5.32 Å². The Morgan fingerprint density at radius 1 is 1.00 bits per heavy atom. The van der Waals surface area contributed by atoms with Gasteiger partial charge in [-0.05, 0) is 61.6 Å². The molecule has 8 heteroatoms. The number of benzene rings is 2. The lowest BCUT2D eigenvalue weighted by Crippen LogP contribution is -2.25. The third-order valence-corrected chi connectivity index (χ3v) is 6.82. The normalized spacial score (nSPS) is 16.6. The number of hydrogen-bond donors (Lipinski definition) is 1. The molecule has 0 radical (unpaired) electrons. The summed E-state index contributed by atoms with van der Waals surface area (Å²) in [4.78, 5) is 21.2. The largest absolute Gasteiger partial charge is 0.349 e. The first-order valence-corrected chi connectivity index (χ1v) is 11.6. The zero-order valence-corrected chi connectivity index (χ0v) is 18.3. The molecule has 0 unspecified atom stereocenters. The van der Waals surface area contributed by atoms with E-state index in [-0.39, 0.29) is 11.3 Å². The third-order valence-electron chi connectivity index (χ3n) is 6.82. The Labute approximate surface area is 195 Å². The van der Waals surface area contributed by atoms with Crippen molar-refractivity contribution >= 4 is 22.6 Å². The predicted molar refractivity (Wildman–Crippen MR) is 126 cm³/mol. The van der Waals surface area contributed by atoms with Crippen molar-refractivity contribution in [1.82, 2.24) is 35.1 Å². The Kier molecular flexibility index (Phi) is 4.05. The van der Waals surface area contributed by atoms with Crippen LogP contribution in [0.25, 0.3) is 27.9 Å². The molecule has 0 bridgehead atoms. The Hall–Kier alpha value is -4.20. The number of carbonyl (C=O) groups excluding carboxylic acids is 1. The Morgan fingerprint density at radius 3 is 2.65 bits per heavy atom. The van der Waals surface area contributed by atoms with Gasteiger partial charge in [0.05, 0.1) is 17.1 Å². The summed E-state index contributed by atoms with van der Waals surface area (Å²) >= 11 is 0. The first kappa shape index (κ1) is 19.3. The topological polar surface area (TPSA) is 98.0 Å². The van der Waals surface area contributed by atoms with E-state index in [0.29, 0.717) is 23.1 Å². The Morgan fingerprint density at radius 2 is 1.85 bits per heavy atom. The van der Waals surface area contributed by atoms with E-state index in [0.717, 1.165) is 48.0 Å². The van der Waals surface area contributed by atoms with Crippen LogP contribution in [0.5, 0.6) is 0 Å². The highest BCUT2D eigenvalue weighted by Gasteiger charge is 2.50. The third kappa shape index (κ3) is 3.14. The molecule has 2 aromatic carbocycles. The minimum absolute atomic E-state index is 0.0297. The van der Waals surface area contributed by atoms with Gasteiger partial charge in [0.1, 0.15) is 5.69 Å². The van der Waals surface area contributed by atoms with Gasteiger partial charge in [0.15, 0.2) is 5.82 Å². The molecule has 5 aromatic rings. The molecule has 2 saturated carbocycles. The Balaban J connectivity index is 1.25. The standard InChI is InChI=1S/C26H21N7O/c34-23(29-20-8-9-20)17-5-3-16(4-6-17)22-15-28-25-31-30-24(33(25)32-22)26(11-12-26)19-7-10-21-18(14-19)2-1-13-27-21/h1-7,10,13-15,20H,8-9,11-12H2,(H,29,34). The molecule has 0 saturated heterocycles. The lowest BCUT2D eigenvalue weighted by Gasteiger charge is -2.14. The zero-order valence-electron chi connectivity index (χ0n) is 18.3. The molecule has 0 spiro atoms. The molecule has 2 aliphatic rings. The van der Waals surface area contributed by atoms with Gasteiger partial charge in [-0.1, -0.05) is 24.3 Å². The second kappa shape index (κ2) is 7.15. The van der Waals surface area contributed by atoms with Crippen LogP contribution in [0.3, 0.4) is 0 Å². The summed E-state index contributed by atoms with van der Waals surface area (Å²) in [6, 6.07) is 18.2. The number of nitrogens with zero attached hydrogens (tertiary/aromatic N) is 6. The number of fused-ring (bicyclic) bond motifs is 2. The fraction of sp³-hybridized carbons (Fsp3) is 0.231. The van der Waals surface area contributed by atoms with Gasteiger partial charge >= 0.3 is 0 Å². The van der Waals surface area contributed by atoms with E-state index in [9.17, 15) is 4.79 Å². The quantitative estimate of drug-likeness (QED) is 0.441. The molecule has 0 atom stereocenters. The van der Waals surface area contributed by atoms with E-state index in [1.807, 2.05) is 36.5 Å². The van der Waals surface area contributed by atoms with Gasteiger partial charge < -0.3 is 5.32 Å². The van der Waals surface area contributed by atoms with Gasteiger partial charge in [-0.2, -0.15) is 9.61 Å². The number of carbonyl (C=O) groups is 1. The van der Waals surface area contributed by atoms with Crippen LogP contribution >= 0.6 is 0 Å². The number of aromatic nitrogens is 6. The summed E-state index contributed by atoms with van der Waals surface area (Å²) in [6.45, 7) is 0. The summed E-state index contributed by atoms with van der Waals surface area (Å²) in [5.74, 6) is 1.26. The number of hydrogen-bond acceptors (Lipinski definition) is 6. The summed E-state index contributed by atoms with van der Waals surface area (Å²) in [6.07, 6.45) is 7.61. The first-order valence-electron chi connectivity index (χ1n) is 11.6. The predicted octanol–water partition coefficient (Wildman–Crippen LogP) is 3.71. The van der Waals surface area contributed by atoms with Crippen LogP contribution in [0.2, 0.25) is 0 Å². The second-order valence-electron chi connectivity index (χ2n) is 9.20. The zero-order chi connectivity index (χ0) is 22.7. The van der Waals surface area contributed by atoms with Crippen molar-refractivity contribution in [2.45, 2.75) is 37.1 Å². The van der Waals surface area contributed by atoms with Gasteiger partial charge in [-0.25, -0.2) is 4.98 Å². The minimum Gasteiger partial charge on any atom is -0.349 e. The van der Waals surface area contributed by atoms with Crippen molar-refractivity contribution < 1.29 is 4.79 Å². The molecule has 7 rings (SSSR count). The van der Waals surface area contributed by atoms with E-state index in [4.69, 9.17) is 5.10 Å². The molecule has 3 heterocycles. The number of nitrogens with one attached hydrogen (secondary N) is 1. The van der Waals surface area contributed by atoms with Crippen LogP contribution in [0.1, 0.15) is 47.4 Å². The van der Waals surface area contributed by atoms with Gasteiger partial charge in [-0.3, -0.25) is 9.78 Å². The van der Waals surface area contributed by atoms with Crippen LogP contribution in [-0.4, -0.2) is 41.7 Å². The van der Waals surface area contributed by atoms with Crippen LogP contribution in [0.15, 0.2) is 67.0 Å².